The number of benzene rings is 1. The van der Waals surface area contributed by atoms with Gasteiger partial charge in [0.2, 0.25) is 0 Å². The number of methoxy groups -OCH3 is 3. The molecule has 1 heterocycles. The number of ether oxygens (including phenoxy) is 3. The molecule has 1 atom stereocenters. The number of fused-ring (bicyclic) bond motifs is 1. The van der Waals surface area contributed by atoms with Gasteiger partial charge in [-0.15, -0.1) is 0 Å². The summed E-state index contributed by atoms with van der Waals surface area (Å²) >= 11 is 0. The Balaban J connectivity index is 2.77. The third kappa shape index (κ3) is 2.56. The van der Waals surface area contributed by atoms with Crippen LogP contribution in [0.25, 0.3) is 10.9 Å². The molecule has 0 spiro atoms. The van der Waals surface area contributed by atoms with Crippen LogP contribution in [0, 0.1) is 0 Å². The number of rotatable bonds is 4. The van der Waals surface area contributed by atoms with Gasteiger partial charge in [-0.1, -0.05) is 0 Å². The lowest BCUT2D eigenvalue weighted by molar-refractivity contribution is -0.143. The molecule has 0 bridgehead atoms. The van der Waals surface area contributed by atoms with Crippen LogP contribution >= 0.6 is 0 Å². The average molecular weight is 291 g/mol. The molecule has 0 aliphatic carbocycles. The van der Waals surface area contributed by atoms with Gasteiger partial charge in [-0.3, -0.25) is 4.79 Å². The van der Waals surface area contributed by atoms with Crippen molar-refractivity contribution in [3.05, 3.63) is 34.6 Å². The predicted molar refractivity (Wildman–Crippen MR) is 78.0 cm³/mol. The molecular weight excluding hydrogens is 274 g/mol. The molecule has 6 heteroatoms. The van der Waals surface area contributed by atoms with Gasteiger partial charge >= 0.3 is 5.97 Å². The normalized spacial score (nSPS) is 12.0. The smallest absolute Gasteiger partial charge is 0.328 e. The van der Waals surface area contributed by atoms with E-state index < -0.39 is 12.0 Å². The van der Waals surface area contributed by atoms with Crippen LogP contribution in [-0.4, -0.2) is 31.9 Å². The second-order valence-electron chi connectivity index (χ2n) is 4.51. The summed E-state index contributed by atoms with van der Waals surface area (Å²) in [5.41, 5.74) is 0.428. The zero-order valence-corrected chi connectivity index (χ0v) is 12.4. The molecule has 21 heavy (non-hydrogen) atoms. The minimum atomic E-state index is -0.559. The maximum absolute atomic E-state index is 12.0. The Hall–Kier alpha value is -2.50. The highest BCUT2D eigenvalue weighted by Crippen LogP contribution is 2.31. The Morgan fingerprint density at radius 2 is 1.76 bits per heavy atom. The first-order chi connectivity index (χ1) is 10.0. The topological polar surface area (TPSA) is 66.8 Å². The van der Waals surface area contributed by atoms with Gasteiger partial charge in [0.1, 0.15) is 6.04 Å². The molecule has 112 valence electrons. The summed E-state index contributed by atoms with van der Waals surface area (Å²) in [6.07, 6.45) is 1.57. The first-order valence-corrected chi connectivity index (χ1v) is 6.38. The number of hydrogen-bond donors (Lipinski definition) is 0. The van der Waals surface area contributed by atoms with Crippen molar-refractivity contribution < 1.29 is 19.0 Å². The second kappa shape index (κ2) is 5.87. The van der Waals surface area contributed by atoms with Crippen molar-refractivity contribution in [3.63, 3.8) is 0 Å². The van der Waals surface area contributed by atoms with Crippen LogP contribution in [0.15, 0.2) is 29.2 Å². The zero-order chi connectivity index (χ0) is 15.6. The molecule has 1 unspecified atom stereocenters. The maximum atomic E-state index is 12.0. The minimum absolute atomic E-state index is 0.153. The van der Waals surface area contributed by atoms with Crippen molar-refractivity contribution in [3.8, 4) is 11.5 Å². The van der Waals surface area contributed by atoms with E-state index in [0.717, 1.165) is 0 Å². The Morgan fingerprint density at radius 1 is 1.14 bits per heavy atom. The van der Waals surface area contributed by atoms with Gasteiger partial charge in [0.05, 0.1) is 26.8 Å². The van der Waals surface area contributed by atoms with Crippen LogP contribution in [0.2, 0.25) is 0 Å². The van der Waals surface area contributed by atoms with Crippen molar-refractivity contribution >= 4 is 16.9 Å². The number of carbonyl (C=O) groups is 1. The monoisotopic (exact) mass is 291 g/mol. The van der Waals surface area contributed by atoms with Crippen LogP contribution < -0.4 is 14.9 Å². The third-order valence-corrected chi connectivity index (χ3v) is 3.39. The summed E-state index contributed by atoms with van der Waals surface area (Å²) in [7, 11) is 4.34. The molecule has 0 aliphatic heterocycles. The van der Waals surface area contributed by atoms with E-state index >= 15 is 0 Å². The molecular formula is C15H17NO5. The Kier molecular flexibility index (Phi) is 4.16. The molecule has 0 fully saturated rings. The van der Waals surface area contributed by atoms with E-state index in [1.165, 1.54) is 27.4 Å². The Morgan fingerprint density at radius 3 is 2.33 bits per heavy atom. The lowest BCUT2D eigenvalue weighted by atomic mass is 10.1. The zero-order valence-electron chi connectivity index (χ0n) is 12.4. The SMILES string of the molecule is COC(=O)C(C)n1ccc(=O)c2cc(OC)c(OC)cc21. The van der Waals surface area contributed by atoms with Crippen molar-refractivity contribution in [2.75, 3.05) is 21.3 Å². The standard InChI is InChI=1S/C15H17NO5/c1-9(15(18)21-4)16-6-5-12(17)10-7-13(19-2)14(20-3)8-11(10)16/h5-9H,1-4H3. The number of pyridine rings is 1. The molecule has 0 aliphatic rings. The van der Waals surface area contributed by atoms with E-state index in [1.54, 1.807) is 29.8 Å². The minimum Gasteiger partial charge on any atom is -0.493 e. The number of carbonyl (C=O) groups excluding carboxylic acids is 1. The van der Waals surface area contributed by atoms with Crippen molar-refractivity contribution in [1.29, 1.82) is 0 Å². The largest absolute Gasteiger partial charge is 0.493 e. The molecule has 2 aromatic rings. The van der Waals surface area contributed by atoms with E-state index in [-0.39, 0.29) is 5.43 Å². The fourth-order valence-electron chi connectivity index (χ4n) is 2.22. The molecule has 0 N–H and O–H groups in total. The predicted octanol–water partition coefficient (Wildman–Crippen LogP) is 1.75. The van der Waals surface area contributed by atoms with Gasteiger partial charge < -0.3 is 18.8 Å². The Labute approximate surface area is 121 Å². The Bertz CT molecular complexity index is 735. The van der Waals surface area contributed by atoms with Gasteiger partial charge in [-0.2, -0.15) is 0 Å². The lowest BCUT2D eigenvalue weighted by Crippen LogP contribution is -2.20. The van der Waals surface area contributed by atoms with Gasteiger partial charge in [0.15, 0.2) is 16.9 Å². The van der Waals surface area contributed by atoms with Crippen molar-refractivity contribution in [1.82, 2.24) is 4.57 Å². The molecule has 2 rings (SSSR count). The van der Waals surface area contributed by atoms with Crippen molar-refractivity contribution in [2.24, 2.45) is 0 Å². The van der Waals surface area contributed by atoms with Crippen LogP contribution in [0.1, 0.15) is 13.0 Å². The summed E-state index contributed by atoms with van der Waals surface area (Å²) in [5.74, 6) is 0.557. The summed E-state index contributed by atoms with van der Waals surface area (Å²) in [6.45, 7) is 1.70. The van der Waals surface area contributed by atoms with Gasteiger partial charge in [-0.25, -0.2) is 4.79 Å². The summed E-state index contributed by atoms with van der Waals surface area (Å²) < 4.78 is 16.9. The molecule has 0 amide bonds. The maximum Gasteiger partial charge on any atom is 0.328 e. The van der Waals surface area contributed by atoms with E-state index in [9.17, 15) is 9.59 Å². The first-order valence-electron chi connectivity index (χ1n) is 6.38. The van der Waals surface area contributed by atoms with E-state index in [0.29, 0.717) is 22.4 Å². The van der Waals surface area contributed by atoms with Gasteiger partial charge in [0, 0.05) is 23.7 Å². The van der Waals surface area contributed by atoms with Crippen molar-refractivity contribution in [2.45, 2.75) is 13.0 Å². The number of nitrogens with zero attached hydrogens (tertiary/aromatic N) is 1. The van der Waals surface area contributed by atoms with Crippen LogP contribution in [0.3, 0.4) is 0 Å². The molecule has 0 saturated carbocycles. The number of esters is 1. The quantitative estimate of drug-likeness (QED) is 0.803. The summed E-state index contributed by atoms with van der Waals surface area (Å²) in [6, 6.07) is 4.14. The second-order valence-corrected chi connectivity index (χ2v) is 4.51. The molecule has 0 radical (unpaired) electrons. The highest BCUT2D eigenvalue weighted by Gasteiger charge is 2.18. The molecule has 1 aromatic carbocycles. The first kappa shape index (κ1) is 14.9. The van der Waals surface area contributed by atoms with Gasteiger partial charge in [0.25, 0.3) is 0 Å². The fraction of sp³-hybridized carbons (Fsp3) is 0.333. The van der Waals surface area contributed by atoms with E-state index in [4.69, 9.17) is 14.2 Å². The lowest BCUT2D eigenvalue weighted by Gasteiger charge is -2.18. The summed E-state index contributed by atoms with van der Waals surface area (Å²) in [5, 5.41) is 0.450. The van der Waals surface area contributed by atoms with Crippen LogP contribution in [0.4, 0.5) is 0 Å². The average Bonchev–Trinajstić information content (AvgIpc) is 2.52. The molecule has 0 saturated heterocycles. The molecule has 6 nitrogen and oxygen atoms in total. The fourth-order valence-corrected chi connectivity index (χ4v) is 2.22. The number of aromatic nitrogens is 1. The van der Waals surface area contributed by atoms with Crippen LogP contribution in [0.5, 0.6) is 11.5 Å². The highest BCUT2D eigenvalue weighted by atomic mass is 16.5. The third-order valence-electron chi connectivity index (χ3n) is 3.39. The molecule has 1 aromatic heterocycles. The van der Waals surface area contributed by atoms with Crippen LogP contribution in [-0.2, 0) is 9.53 Å². The highest BCUT2D eigenvalue weighted by molar-refractivity contribution is 5.85. The van der Waals surface area contributed by atoms with Gasteiger partial charge in [-0.05, 0) is 13.0 Å². The van der Waals surface area contributed by atoms with E-state index in [2.05, 4.69) is 0 Å². The van der Waals surface area contributed by atoms with E-state index in [1.807, 2.05) is 0 Å². The number of hydrogen-bond acceptors (Lipinski definition) is 5. The summed E-state index contributed by atoms with van der Waals surface area (Å²) in [4.78, 5) is 23.8.